The van der Waals surface area contributed by atoms with Crippen LogP contribution in [0.3, 0.4) is 0 Å². The first kappa shape index (κ1) is 18.7. The average molecular weight is 286 g/mol. The summed E-state index contributed by atoms with van der Waals surface area (Å²) in [6.45, 7) is 10.3. The van der Waals surface area contributed by atoms with Gasteiger partial charge in [0.1, 0.15) is 0 Å². The SMILES string of the molecule is CCCCN(CC)C(=O)NCCC(C)(C)CCC(=O)O. The van der Waals surface area contributed by atoms with Crippen LogP contribution in [0.2, 0.25) is 0 Å². The fraction of sp³-hybridized carbons (Fsp3) is 0.867. The molecule has 5 nitrogen and oxygen atoms in total. The Hall–Kier alpha value is -1.26. The molecule has 0 saturated heterocycles. The number of amides is 2. The highest BCUT2D eigenvalue weighted by Gasteiger charge is 2.19. The number of hydrogen-bond acceptors (Lipinski definition) is 2. The number of nitrogens with zero attached hydrogens (tertiary/aromatic N) is 1. The molecule has 0 atom stereocenters. The smallest absolute Gasteiger partial charge is 0.317 e. The van der Waals surface area contributed by atoms with Gasteiger partial charge in [0.15, 0.2) is 0 Å². The molecule has 0 aromatic carbocycles. The molecule has 118 valence electrons. The molecule has 0 bridgehead atoms. The number of nitrogens with one attached hydrogen (secondary N) is 1. The van der Waals surface area contributed by atoms with Crippen LogP contribution in [0.1, 0.15) is 59.8 Å². The van der Waals surface area contributed by atoms with Gasteiger partial charge in [-0.1, -0.05) is 27.2 Å². The van der Waals surface area contributed by atoms with Gasteiger partial charge in [0.2, 0.25) is 0 Å². The van der Waals surface area contributed by atoms with E-state index in [1.165, 1.54) is 0 Å². The van der Waals surface area contributed by atoms with Gasteiger partial charge in [-0.2, -0.15) is 0 Å². The van der Waals surface area contributed by atoms with Gasteiger partial charge >= 0.3 is 12.0 Å². The Balaban J connectivity index is 4.01. The van der Waals surface area contributed by atoms with Crippen LogP contribution < -0.4 is 5.32 Å². The molecule has 20 heavy (non-hydrogen) atoms. The van der Waals surface area contributed by atoms with Gasteiger partial charge in [0.25, 0.3) is 0 Å². The Morgan fingerprint density at radius 2 is 1.85 bits per heavy atom. The zero-order valence-corrected chi connectivity index (χ0v) is 13.4. The van der Waals surface area contributed by atoms with E-state index >= 15 is 0 Å². The quantitative estimate of drug-likeness (QED) is 0.648. The minimum Gasteiger partial charge on any atom is -0.481 e. The van der Waals surface area contributed by atoms with Crippen LogP contribution in [-0.2, 0) is 4.79 Å². The third-order valence-corrected chi connectivity index (χ3v) is 3.54. The Morgan fingerprint density at radius 3 is 2.35 bits per heavy atom. The van der Waals surface area contributed by atoms with Crippen molar-refractivity contribution in [3.8, 4) is 0 Å². The molecular formula is C15H30N2O3. The van der Waals surface area contributed by atoms with Crippen molar-refractivity contribution in [2.45, 2.75) is 59.8 Å². The summed E-state index contributed by atoms with van der Waals surface area (Å²) in [5, 5.41) is 11.6. The largest absolute Gasteiger partial charge is 0.481 e. The molecule has 0 aromatic heterocycles. The molecule has 0 aromatic rings. The van der Waals surface area contributed by atoms with E-state index in [4.69, 9.17) is 5.11 Å². The van der Waals surface area contributed by atoms with Crippen molar-refractivity contribution in [1.29, 1.82) is 0 Å². The van der Waals surface area contributed by atoms with Crippen molar-refractivity contribution in [2.24, 2.45) is 5.41 Å². The van der Waals surface area contributed by atoms with Crippen molar-refractivity contribution >= 4 is 12.0 Å². The minimum absolute atomic E-state index is 0.0185. The topological polar surface area (TPSA) is 69.6 Å². The van der Waals surface area contributed by atoms with Crippen molar-refractivity contribution in [3.05, 3.63) is 0 Å². The second kappa shape index (κ2) is 9.61. The summed E-state index contributed by atoms with van der Waals surface area (Å²) in [7, 11) is 0. The number of aliphatic carboxylic acids is 1. The van der Waals surface area contributed by atoms with Crippen LogP contribution in [0, 0.1) is 5.41 Å². The second-order valence-electron chi connectivity index (χ2n) is 5.97. The summed E-state index contributed by atoms with van der Waals surface area (Å²) in [5.74, 6) is -0.765. The first-order valence-electron chi connectivity index (χ1n) is 7.57. The van der Waals surface area contributed by atoms with Gasteiger partial charge in [0.05, 0.1) is 0 Å². The van der Waals surface area contributed by atoms with Gasteiger partial charge in [0, 0.05) is 26.1 Å². The van der Waals surface area contributed by atoms with Crippen LogP contribution in [0.15, 0.2) is 0 Å². The molecule has 0 radical (unpaired) electrons. The normalized spacial score (nSPS) is 11.2. The van der Waals surface area contributed by atoms with Crippen LogP contribution in [0.25, 0.3) is 0 Å². The fourth-order valence-electron chi connectivity index (χ4n) is 1.94. The standard InChI is InChI=1S/C15H30N2O3/c1-5-7-12-17(6-2)14(20)16-11-10-15(3,4)9-8-13(18)19/h5-12H2,1-4H3,(H,16,20)(H,18,19). The predicted octanol–water partition coefficient (Wildman–Crippen LogP) is 3.10. The van der Waals surface area contributed by atoms with Gasteiger partial charge in [-0.3, -0.25) is 4.79 Å². The van der Waals surface area contributed by atoms with Crippen molar-refractivity contribution in [1.82, 2.24) is 10.2 Å². The summed E-state index contributed by atoms with van der Waals surface area (Å²) in [6.07, 6.45) is 3.69. The molecule has 0 spiro atoms. The van der Waals surface area contributed by atoms with E-state index in [1.807, 2.05) is 25.7 Å². The first-order chi connectivity index (χ1) is 9.32. The van der Waals surface area contributed by atoms with Gasteiger partial charge < -0.3 is 15.3 Å². The lowest BCUT2D eigenvalue weighted by atomic mass is 9.84. The van der Waals surface area contributed by atoms with Crippen LogP contribution in [0.4, 0.5) is 4.79 Å². The molecular weight excluding hydrogens is 256 g/mol. The third kappa shape index (κ3) is 8.77. The summed E-state index contributed by atoms with van der Waals surface area (Å²) in [4.78, 5) is 24.3. The maximum absolute atomic E-state index is 12.0. The molecule has 0 unspecified atom stereocenters. The molecule has 0 rings (SSSR count). The van der Waals surface area contributed by atoms with Gasteiger partial charge in [-0.25, -0.2) is 4.79 Å². The Bertz CT molecular complexity index is 303. The monoisotopic (exact) mass is 286 g/mol. The summed E-state index contributed by atoms with van der Waals surface area (Å²) < 4.78 is 0. The van der Waals surface area contributed by atoms with Crippen molar-refractivity contribution in [2.75, 3.05) is 19.6 Å². The van der Waals surface area contributed by atoms with E-state index < -0.39 is 5.97 Å². The minimum atomic E-state index is -0.765. The molecule has 0 heterocycles. The average Bonchev–Trinajstić information content (AvgIpc) is 2.37. The lowest BCUT2D eigenvalue weighted by molar-refractivity contribution is -0.137. The Kier molecular flexibility index (Phi) is 9.01. The lowest BCUT2D eigenvalue weighted by Gasteiger charge is -2.26. The number of carboxylic acid groups (broad SMARTS) is 1. The van der Waals surface area contributed by atoms with E-state index in [0.717, 1.165) is 25.8 Å². The number of rotatable bonds is 10. The van der Waals surface area contributed by atoms with Crippen LogP contribution >= 0.6 is 0 Å². The number of unbranched alkanes of at least 4 members (excludes halogenated alkanes) is 1. The molecule has 0 aliphatic carbocycles. The number of urea groups is 1. The molecule has 5 heteroatoms. The Labute approximate surface area is 122 Å². The van der Waals surface area contributed by atoms with E-state index in [2.05, 4.69) is 12.2 Å². The third-order valence-electron chi connectivity index (χ3n) is 3.54. The number of carbonyl (C=O) groups excluding carboxylic acids is 1. The molecule has 0 aliphatic rings. The van der Waals surface area contributed by atoms with Gasteiger partial charge in [-0.05, 0) is 31.6 Å². The summed E-state index contributed by atoms with van der Waals surface area (Å²) in [6, 6.07) is -0.0185. The van der Waals surface area contributed by atoms with E-state index in [-0.39, 0.29) is 17.9 Å². The summed E-state index contributed by atoms with van der Waals surface area (Å²) >= 11 is 0. The van der Waals surface area contributed by atoms with Crippen molar-refractivity contribution < 1.29 is 14.7 Å². The van der Waals surface area contributed by atoms with E-state index in [1.54, 1.807) is 0 Å². The Morgan fingerprint density at radius 1 is 1.20 bits per heavy atom. The maximum Gasteiger partial charge on any atom is 0.317 e. The van der Waals surface area contributed by atoms with Crippen LogP contribution in [-0.4, -0.2) is 41.6 Å². The molecule has 0 aliphatic heterocycles. The highest BCUT2D eigenvalue weighted by atomic mass is 16.4. The van der Waals surface area contributed by atoms with E-state index in [9.17, 15) is 9.59 Å². The first-order valence-corrected chi connectivity index (χ1v) is 7.57. The van der Waals surface area contributed by atoms with Gasteiger partial charge in [-0.15, -0.1) is 0 Å². The lowest BCUT2D eigenvalue weighted by Crippen LogP contribution is -2.41. The van der Waals surface area contributed by atoms with Crippen molar-refractivity contribution in [3.63, 3.8) is 0 Å². The summed E-state index contributed by atoms with van der Waals surface area (Å²) in [5.41, 5.74) is -0.0634. The zero-order chi connectivity index (χ0) is 15.6. The molecule has 0 saturated carbocycles. The number of carboxylic acids is 1. The number of hydrogen-bond donors (Lipinski definition) is 2. The highest BCUT2D eigenvalue weighted by molar-refractivity contribution is 5.74. The zero-order valence-electron chi connectivity index (χ0n) is 13.4. The van der Waals surface area contributed by atoms with E-state index in [0.29, 0.717) is 19.5 Å². The molecule has 2 N–H and O–H groups in total. The van der Waals surface area contributed by atoms with Crippen LogP contribution in [0.5, 0.6) is 0 Å². The molecule has 2 amide bonds. The number of carbonyl (C=O) groups is 2. The maximum atomic E-state index is 12.0. The fourth-order valence-corrected chi connectivity index (χ4v) is 1.94. The second-order valence-corrected chi connectivity index (χ2v) is 5.97. The highest BCUT2D eigenvalue weighted by Crippen LogP contribution is 2.25. The predicted molar refractivity (Wildman–Crippen MR) is 80.8 cm³/mol. The molecule has 0 fully saturated rings.